The average molecular weight is 274 g/mol. The summed E-state index contributed by atoms with van der Waals surface area (Å²) >= 11 is 0. The van der Waals surface area contributed by atoms with Gasteiger partial charge in [-0.25, -0.2) is 0 Å². The van der Waals surface area contributed by atoms with E-state index in [2.05, 4.69) is 12.2 Å². The molecule has 0 bridgehead atoms. The van der Waals surface area contributed by atoms with Gasteiger partial charge >= 0.3 is 0 Å². The van der Waals surface area contributed by atoms with Gasteiger partial charge < -0.3 is 11.1 Å². The van der Waals surface area contributed by atoms with E-state index in [0.717, 1.165) is 24.3 Å². The van der Waals surface area contributed by atoms with Gasteiger partial charge in [0, 0.05) is 11.7 Å². The normalized spacial score (nSPS) is 24.1. The van der Waals surface area contributed by atoms with Crippen molar-refractivity contribution in [3.8, 4) is 0 Å². The lowest BCUT2D eigenvalue weighted by atomic mass is 9.84. The Balaban J connectivity index is 1.89. The molecule has 110 valence electrons. The Bertz CT molecular complexity index is 450. The number of rotatable bonds is 4. The van der Waals surface area contributed by atoms with Gasteiger partial charge in [0.1, 0.15) is 0 Å². The van der Waals surface area contributed by atoms with Crippen LogP contribution in [0.1, 0.15) is 57.4 Å². The Kier molecular flexibility index (Phi) is 5.05. The van der Waals surface area contributed by atoms with Gasteiger partial charge in [0.05, 0.1) is 5.92 Å². The van der Waals surface area contributed by atoms with Crippen LogP contribution in [0.3, 0.4) is 0 Å². The van der Waals surface area contributed by atoms with Crippen molar-refractivity contribution in [2.75, 3.05) is 5.73 Å². The van der Waals surface area contributed by atoms with Crippen LogP contribution in [0.25, 0.3) is 0 Å². The first-order valence-electron chi connectivity index (χ1n) is 7.76. The van der Waals surface area contributed by atoms with Crippen molar-refractivity contribution >= 4 is 11.6 Å². The van der Waals surface area contributed by atoms with Crippen LogP contribution in [0.5, 0.6) is 0 Å². The highest BCUT2D eigenvalue weighted by molar-refractivity contribution is 5.83. The number of benzene rings is 1. The molecule has 0 radical (unpaired) electrons. The summed E-state index contributed by atoms with van der Waals surface area (Å²) < 4.78 is 0. The first-order chi connectivity index (χ1) is 9.60. The SMILES string of the molecule is CCC1CCC(NC(=O)C(C)c2cccc(N)c2)CC1. The lowest BCUT2D eigenvalue weighted by Gasteiger charge is -2.29. The summed E-state index contributed by atoms with van der Waals surface area (Å²) in [5, 5.41) is 3.20. The standard InChI is InChI=1S/C17H26N2O/c1-3-13-7-9-16(10-8-13)19-17(20)12(2)14-5-4-6-15(18)11-14/h4-6,11-13,16H,3,7-10,18H2,1-2H3,(H,19,20). The van der Waals surface area contributed by atoms with Crippen molar-refractivity contribution in [2.45, 2.75) is 57.9 Å². The fourth-order valence-corrected chi connectivity index (χ4v) is 3.02. The summed E-state index contributed by atoms with van der Waals surface area (Å²) in [6, 6.07) is 7.96. The van der Waals surface area contributed by atoms with Crippen LogP contribution in [0.15, 0.2) is 24.3 Å². The molecule has 0 spiro atoms. The summed E-state index contributed by atoms with van der Waals surface area (Å²) in [4.78, 5) is 12.3. The van der Waals surface area contributed by atoms with Crippen molar-refractivity contribution in [1.29, 1.82) is 0 Å². The lowest BCUT2D eigenvalue weighted by Crippen LogP contribution is -2.39. The van der Waals surface area contributed by atoms with Crippen molar-refractivity contribution in [3.63, 3.8) is 0 Å². The van der Waals surface area contributed by atoms with Crippen LogP contribution in [-0.2, 0) is 4.79 Å². The van der Waals surface area contributed by atoms with Crippen LogP contribution in [-0.4, -0.2) is 11.9 Å². The van der Waals surface area contributed by atoms with Crippen LogP contribution < -0.4 is 11.1 Å². The zero-order chi connectivity index (χ0) is 14.5. The third kappa shape index (κ3) is 3.75. The van der Waals surface area contributed by atoms with E-state index in [1.54, 1.807) is 0 Å². The Morgan fingerprint density at radius 1 is 1.35 bits per heavy atom. The fraction of sp³-hybridized carbons (Fsp3) is 0.588. The molecule has 3 heteroatoms. The molecule has 3 nitrogen and oxygen atoms in total. The highest BCUT2D eigenvalue weighted by Gasteiger charge is 2.23. The van der Waals surface area contributed by atoms with E-state index >= 15 is 0 Å². The number of anilines is 1. The molecule has 1 aliphatic carbocycles. The van der Waals surface area contributed by atoms with E-state index in [0.29, 0.717) is 11.7 Å². The monoisotopic (exact) mass is 274 g/mol. The minimum Gasteiger partial charge on any atom is -0.399 e. The van der Waals surface area contributed by atoms with E-state index in [-0.39, 0.29) is 11.8 Å². The number of nitrogen functional groups attached to an aromatic ring is 1. The smallest absolute Gasteiger partial charge is 0.227 e. The molecule has 1 aromatic rings. The quantitative estimate of drug-likeness (QED) is 0.826. The molecule has 20 heavy (non-hydrogen) atoms. The van der Waals surface area contributed by atoms with E-state index in [1.807, 2.05) is 31.2 Å². The molecule has 1 aliphatic rings. The highest BCUT2D eigenvalue weighted by atomic mass is 16.1. The summed E-state index contributed by atoms with van der Waals surface area (Å²) in [6.07, 6.45) is 5.99. The van der Waals surface area contributed by atoms with Crippen LogP contribution in [0, 0.1) is 5.92 Å². The van der Waals surface area contributed by atoms with Crippen LogP contribution in [0.2, 0.25) is 0 Å². The molecule has 1 atom stereocenters. The molecule has 1 unspecified atom stereocenters. The second kappa shape index (κ2) is 6.78. The van der Waals surface area contributed by atoms with Crippen LogP contribution >= 0.6 is 0 Å². The third-order valence-corrected chi connectivity index (χ3v) is 4.57. The molecule has 0 aliphatic heterocycles. The summed E-state index contributed by atoms with van der Waals surface area (Å²) in [5.74, 6) is 0.840. The first kappa shape index (κ1) is 14.9. The first-order valence-corrected chi connectivity index (χ1v) is 7.76. The number of carbonyl (C=O) groups is 1. The second-order valence-electron chi connectivity index (χ2n) is 6.03. The van der Waals surface area contributed by atoms with E-state index in [1.165, 1.54) is 19.3 Å². The maximum absolute atomic E-state index is 12.3. The van der Waals surface area contributed by atoms with Gasteiger partial charge in [0.2, 0.25) is 5.91 Å². The number of amides is 1. The molecule has 3 N–H and O–H groups in total. The molecular weight excluding hydrogens is 248 g/mol. The Morgan fingerprint density at radius 3 is 2.65 bits per heavy atom. The van der Waals surface area contributed by atoms with E-state index < -0.39 is 0 Å². The summed E-state index contributed by atoms with van der Waals surface area (Å²) in [6.45, 7) is 4.20. The molecule has 1 saturated carbocycles. The zero-order valence-corrected chi connectivity index (χ0v) is 12.6. The Morgan fingerprint density at radius 2 is 2.05 bits per heavy atom. The van der Waals surface area contributed by atoms with Crippen molar-refractivity contribution in [2.24, 2.45) is 5.92 Å². The van der Waals surface area contributed by atoms with Crippen molar-refractivity contribution in [3.05, 3.63) is 29.8 Å². The molecule has 1 aromatic carbocycles. The van der Waals surface area contributed by atoms with Gasteiger partial charge in [-0.15, -0.1) is 0 Å². The molecule has 2 rings (SSSR count). The maximum atomic E-state index is 12.3. The van der Waals surface area contributed by atoms with Crippen LogP contribution in [0.4, 0.5) is 5.69 Å². The molecule has 1 fully saturated rings. The second-order valence-corrected chi connectivity index (χ2v) is 6.03. The zero-order valence-electron chi connectivity index (χ0n) is 12.6. The molecule has 0 heterocycles. The number of hydrogen-bond donors (Lipinski definition) is 2. The van der Waals surface area contributed by atoms with Gasteiger partial charge in [-0.2, -0.15) is 0 Å². The summed E-state index contributed by atoms with van der Waals surface area (Å²) in [7, 11) is 0. The predicted octanol–water partition coefficient (Wildman–Crippen LogP) is 3.46. The Hall–Kier alpha value is -1.51. The van der Waals surface area contributed by atoms with Crippen molar-refractivity contribution < 1.29 is 4.79 Å². The van der Waals surface area contributed by atoms with Gasteiger partial charge in [-0.05, 0) is 56.2 Å². The predicted molar refractivity (Wildman–Crippen MR) is 83.4 cm³/mol. The molecule has 0 aromatic heterocycles. The van der Waals surface area contributed by atoms with Gasteiger partial charge in [-0.3, -0.25) is 4.79 Å². The average Bonchev–Trinajstić information content (AvgIpc) is 2.47. The van der Waals surface area contributed by atoms with Crippen molar-refractivity contribution in [1.82, 2.24) is 5.32 Å². The lowest BCUT2D eigenvalue weighted by molar-refractivity contribution is -0.123. The van der Waals surface area contributed by atoms with Gasteiger partial charge in [-0.1, -0.05) is 25.5 Å². The number of nitrogens with one attached hydrogen (secondary N) is 1. The third-order valence-electron chi connectivity index (χ3n) is 4.57. The summed E-state index contributed by atoms with van der Waals surface area (Å²) in [5.41, 5.74) is 7.48. The Labute approximate surface area is 121 Å². The molecular formula is C17H26N2O. The minimum atomic E-state index is -0.137. The molecule has 1 amide bonds. The number of nitrogens with two attached hydrogens (primary N) is 1. The maximum Gasteiger partial charge on any atom is 0.227 e. The van der Waals surface area contributed by atoms with E-state index in [9.17, 15) is 4.79 Å². The number of carbonyl (C=O) groups excluding carboxylic acids is 1. The topological polar surface area (TPSA) is 55.1 Å². The van der Waals surface area contributed by atoms with E-state index in [4.69, 9.17) is 5.73 Å². The largest absolute Gasteiger partial charge is 0.399 e. The molecule has 0 saturated heterocycles. The van der Waals surface area contributed by atoms with Gasteiger partial charge in [0.25, 0.3) is 0 Å². The van der Waals surface area contributed by atoms with Gasteiger partial charge in [0.15, 0.2) is 0 Å². The number of hydrogen-bond acceptors (Lipinski definition) is 2. The highest BCUT2D eigenvalue weighted by Crippen LogP contribution is 2.27. The minimum absolute atomic E-state index is 0.121. The fourth-order valence-electron chi connectivity index (χ4n) is 3.02.